The Kier molecular flexibility index (Phi) is 3.30. The molecule has 1 aliphatic rings. The zero-order chi connectivity index (χ0) is 14.1. The van der Waals surface area contributed by atoms with E-state index in [0.29, 0.717) is 5.69 Å². The van der Waals surface area contributed by atoms with Gasteiger partial charge in [0.1, 0.15) is 0 Å². The van der Waals surface area contributed by atoms with Crippen LogP contribution in [-0.2, 0) is 19.9 Å². The van der Waals surface area contributed by atoms with E-state index in [1.807, 2.05) is 49.0 Å². The fourth-order valence-electron chi connectivity index (χ4n) is 2.88. The minimum absolute atomic E-state index is 0.0113. The van der Waals surface area contributed by atoms with Crippen molar-refractivity contribution < 1.29 is 4.79 Å². The van der Waals surface area contributed by atoms with Crippen molar-refractivity contribution in [3.05, 3.63) is 52.8 Å². The number of aryl methyl sites for hydroxylation is 1. The van der Waals surface area contributed by atoms with Crippen LogP contribution in [0.3, 0.4) is 0 Å². The molecule has 0 saturated heterocycles. The Bertz CT molecular complexity index is 631. The van der Waals surface area contributed by atoms with Crippen LogP contribution in [0.25, 0.3) is 0 Å². The van der Waals surface area contributed by atoms with Gasteiger partial charge in [-0.15, -0.1) is 0 Å². The van der Waals surface area contributed by atoms with Gasteiger partial charge in [0.15, 0.2) is 5.69 Å². The molecule has 4 heteroatoms. The lowest BCUT2D eigenvalue weighted by Crippen LogP contribution is -2.27. The summed E-state index contributed by atoms with van der Waals surface area (Å²) in [6.45, 7) is 2.00. The number of fused-ring (bicyclic) bond motifs is 1. The molecule has 2 aromatic rings. The normalized spacial score (nSPS) is 14.9. The number of benzene rings is 1. The van der Waals surface area contributed by atoms with Crippen molar-refractivity contribution in [3.8, 4) is 0 Å². The lowest BCUT2D eigenvalue weighted by Gasteiger charge is -2.13. The Labute approximate surface area is 118 Å². The van der Waals surface area contributed by atoms with Crippen LogP contribution in [0, 0.1) is 0 Å². The highest BCUT2D eigenvalue weighted by Crippen LogP contribution is 2.25. The number of nitrogens with zero attached hydrogens (tertiary/aromatic N) is 2. The molecule has 1 aliphatic carbocycles. The maximum atomic E-state index is 12.4. The van der Waals surface area contributed by atoms with Crippen LogP contribution >= 0.6 is 0 Å². The molecule has 0 aliphatic heterocycles. The van der Waals surface area contributed by atoms with Gasteiger partial charge in [-0.1, -0.05) is 30.3 Å². The average Bonchev–Trinajstić information content (AvgIpc) is 3.04. The summed E-state index contributed by atoms with van der Waals surface area (Å²) < 4.78 is 1.85. The van der Waals surface area contributed by atoms with Crippen molar-refractivity contribution in [3.63, 3.8) is 0 Å². The molecule has 1 unspecified atom stereocenters. The van der Waals surface area contributed by atoms with Gasteiger partial charge in [-0.3, -0.25) is 9.48 Å². The third kappa shape index (κ3) is 2.22. The zero-order valence-corrected chi connectivity index (χ0v) is 11.9. The van der Waals surface area contributed by atoms with E-state index in [9.17, 15) is 4.79 Å². The van der Waals surface area contributed by atoms with Gasteiger partial charge in [-0.05, 0) is 31.7 Å². The fraction of sp³-hybridized carbons (Fsp3) is 0.375. The molecule has 1 aromatic carbocycles. The first-order valence-corrected chi connectivity index (χ1v) is 7.07. The first-order valence-electron chi connectivity index (χ1n) is 7.07. The monoisotopic (exact) mass is 269 g/mol. The maximum Gasteiger partial charge on any atom is 0.272 e. The second kappa shape index (κ2) is 5.12. The molecule has 0 fully saturated rings. The SMILES string of the molecule is CC(NC(=O)c1nn(C)c2c1CCC2)c1ccccc1. The Morgan fingerprint density at radius 3 is 2.80 bits per heavy atom. The quantitative estimate of drug-likeness (QED) is 0.930. The van der Waals surface area contributed by atoms with Crippen LogP contribution in [0.1, 0.15) is 46.7 Å². The molecule has 1 heterocycles. The van der Waals surface area contributed by atoms with Crippen molar-refractivity contribution in [1.82, 2.24) is 15.1 Å². The zero-order valence-electron chi connectivity index (χ0n) is 11.9. The van der Waals surface area contributed by atoms with Crippen LogP contribution in [-0.4, -0.2) is 15.7 Å². The van der Waals surface area contributed by atoms with Crippen LogP contribution in [0.2, 0.25) is 0 Å². The summed E-state index contributed by atoms with van der Waals surface area (Å²) in [5, 5.41) is 7.42. The van der Waals surface area contributed by atoms with Crippen molar-refractivity contribution >= 4 is 5.91 Å². The van der Waals surface area contributed by atoms with Gasteiger partial charge >= 0.3 is 0 Å². The molecule has 104 valence electrons. The van der Waals surface area contributed by atoms with E-state index in [-0.39, 0.29) is 11.9 Å². The van der Waals surface area contributed by atoms with Crippen molar-refractivity contribution in [2.75, 3.05) is 0 Å². The lowest BCUT2D eigenvalue weighted by atomic mass is 10.1. The van der Waals surface area contributed by atoms with Gasteiger partial charge in [0.05, 0.1) is 6.04 Å². The van der Waals surface area contributed by atoms with Crippen molar-refractivity contribution in [1.29, 1.82) is 0 Å². The second-order valence-corrected chi connectivity index (χ2v) is 5.36. The number of rotatable bonds is 3. The first kappa shape index (κ1) is 12.9. The Morgan fingerprint density at radius 2 is 2.05 bits per heavy atom. The topological polar surface area (TPSA) is 46.9 Å². The number of nitrogens with one attached hydrogen (secondary N) is 1. The summed E-state index contributed by atoms with van der Waals surface area (Å²) in [6, 6.07) is 9.97. The maximum absolute atomic E-state index is 12.4. The molecule has 0 saturated carbocycles. The number of carbonyl (C=O) groups is 1. The number of aromatic nitrogens is 2. The van der Waals surface area contributed by atoms with Crippen LogP contribution in [0.15, 0.2) is 30.3 Å². The molecule has 1 N–H and O–H groups in total. The molecule has 1 atom stereocenters. The van der Waals surface area contributed by atoms with Gasteiger partial charge in [0, 0.05) is 18.3 Å². The van der Waals surface area contributed by atoms with Crippen molar-refractivity contribution in [2.24, 2.45) is 7.05 Å². The van der Waals surface area contributed by atoms with E-state index < -0.39 is 0 Å². The highest BCUT2D eigenvalue weighted by atomic mass is 16.2. The summed E-state index contributed by atoms with van der Waals surface area (Å²) in [7, 11) is 1.92. The number of amides is 1. The Morgan fingerprint density at radius 1 is 1.30 bits per heavy atom. The van der Waals surface area contributed by atoms with E-state index in [1.54, 1.807) is 0 Å². The fourth-order valence-corrected chi connectivity index (χ4v) is 2.88. The predicted molar refractivity (Wildman–Crippen MR) is 77.6 cm³/mol. The summed E-state index contributed by atoms with van der Waals surface area (Å²) in [5.74, 6) is -0.0693. The Balaban J connectivity index is 1.79. The van der Waals surface area contributed by atoms with Gasteiger partial charge in [-0.2, -0.15) is 5.10 Å². The second-order valence-electron chi connectivity index (χ2n) is 5.36. The first-order chi connectivity index (χ1) is 9.66. The lowest BCUT2D eigenvalue weighted by molar-refractivity contribution is 0.0933. The minimum atomic E-state index is -0.0693. The summed E-state index contributed by atoms with van der Waals surface area (Å²) in [4.78, 5) is 12.4. The third-order valence-corrected chi connectivity index (χ3v) is 3.98. The smallest absolute Gasteiger partial charge is 0.272 e. The highest BCUT2D eigenvalue weighted by Gasteiger charge is 2.25. The minimum Gasteiger partial charge on any atom is -0.344 e. The predicted octanol–water partition coefficient (Wildman–Crippen LogP) is 2.40. The van der Waals surface area contributed by atoms with E-state index in [1.165, 1.54) is 5.69 Å². The summed E-state index contributed by atoms with van der Waals surface area (Å²) >= 11 is 0. The number of carbonyl (C=O) groups excluding carboxylic acids is 1. The van der Waals surface area contributed by atoms with Crippen LogP contribution in [0.5, 0.6) is 0 Å². The van der Waals surface area contributed by atoms with E-state index >= 15 is 0 Å². The molecule has 1 amide bonds. The van der Waals surface area contributed by atoms with E-state index in [0.717, 1.165) is 30.4 Å². The van der Waals surface area contributed by atoms with Gasteiger partial charge < -0.3 is 5.32 Å². The molecule has 20 heavy (non-hydrogen) atoms. The number of hydrogen-bond donors (Lipinski definition) is 1. The van der Waals surface area contributed by atoms with Gasteiger partial charge in [-0.25, -0.2) is 0 Å². The largest absolute Gasteiger partial charge is 0.344 e. The molecule has 0 spiro atoms. The Hall–Kier alpha value is -2.10. The van der Waals surface area contributed by atoms with Crippen LogP contribution < -0.4 is 5.32 Å². The summed E-state index contributed by atoms with van der Waals surface area (Å²) in [6.07, 6.45) is 3.11. The molecule has 0 bridgehead atoms. The standard InChI is InChI=1S/C16H19N3O/c1-11(12-7-4-3-5-8-12)17-16(20)15-13-9-6-10-14(13)19(2)18-15/h3-5,7-8,11H,6,9-10H2,1-2H3,(H,17,20). The molecule has 3 rings (SSSR count). The third-order valence-electron chi connectivity index (χ3n) is 3.98. The van der Waals surface area contributed by atoms with Gasteiger partial charge in [0.2, 0.25) is 0 Å². The van der Waals surface area contributed by atoms with E-state index in [2.05, 4.69) is 10.4 Å². The molecule has 4 nitrogen and oxygen atoms in total. The molecule has 0 radical (unpaired) electrons. The molecular weight excluding hydrogens is 250 g/mol. The molecule has 1 aromatic heterocycles. The number of hydrogen-bond acceptors (Lipinski definition) is 2. The summed E-state index contributed by atoms with van der Waals surface area (Å²) in [5.41, 5.74) is 4.05. The van der Waals surface area contributed by atoms with E-state index in [4.69, 9.17) is 0 Å². The molecular formula is C16H19N3O. The van der Waals surface area contributed by atoms with Crippen molar-refractivity contribution in [2.45, 2.75) is 32.2 Å². The highest BCUT2D eigenvalue weighted by molar-refractivity contribution is 5.94. The van der Waals surface area contributed by atoms with Gasteiger partial charge in [0.25, 0.3) is 5.91 Å². The van der Waals surface area contributed by atoms with Crippen LogP contribution in [0.4, 0.5) is 0 Å². The average molecular weight is 269 g/mol.